The molecule has 0 saturated carbocycles. The minimum Gasteiger partial charge on any atom is -0.443 e. The van der Waals surface area contributed by atoms with E-state index in [1.54, 1.807) is 6.33 Å². The zero-order valence-corrected chi connectivity index (χ0v) is 8.35. The molecule has 1 aromatic heterocycles. The number of aromatic nitrogens is 2. The number of rotatable bonds is 0. The van der Waals surface area contributed by atoms with E-state index in [1.807, 2.05) is 24.3 Å². The molecule has 2 rings (SSSR count). The summed E-state index contributed by atoms with van der Waals surface area (Å²) in [5, 5.41) is 0. The minimum atomic E-state index is 0. The van der Waals surface area contributed by atoms with Gasteiger partial charge in [-0.1, -0.05) is 30.6 Å². The molecule has 1 heterocycles. The molecule has 2 nitrogen and oxygen atoms in total. The first-order valence-corrected chi connectivity index (χ1v) is 2.79. The summed E-state index contributed by atoms with van der Waals surface area (Å²) in [4.78, 5) is 8.02. The van der Waals surface area contributed by atoms with E-state index in [9.17, 15) is 0 Å². The van der Waals surface area contributed by atoms with Crippen LogP contribution in [0, 0.1) is 0 Å². The first-order valence-electron chi connectivity index (χ1n) is 2.79. The van der Waals surface area contributed by atoms with Crippen molar-refractivity contribution >= 4 is 11.0 Å². The van der Waals surface area contributed by atoms with Gasteiger partial charge >= 0.3 is 22.4 Å². The number of benzene rings is 1. The van der Waals surface area contributed by atoms with E-state index in [2.05, 4.69) is 9.97 Å². The van der Waals surface area contributed by atoms with Crippen molar-refractivity contribution in [2.45, 2.75) is 0 Å². The summed E-state index contributed by atoms with van der Waals surface area (Å²) in [6.45, 7) is 0. The summed E-state index contributed by atoms with van der Waals surface area (Å²) in [5.41, 5.74) is 1.94. The van der Waals surface area contributed by atoms with Crippen molar-refractivity contribution in [3.8, 4) is 0 Å². The second kappa shape index (κ2) is 4.93. The third kappa shape index (κ3) is 2.30. The molecule has 0 unspecified atom stereocenters. The molecule has 0 aliphatic rings. The van der Waals surface area contributed by atoms with Gasteiger partial charge in [0.15, 0.2) is 0 Å². The maximum Gasteiger partial charge on any atom is 1.00 e. The Labute approximate surface area is 95.8 Å². The van der Waals surface area contributed by atoms with Crippen molar-refractivity contribution in [1.82, 2.24) is 9.97 Å². The Morgan fingerprint density at radius 3 is 2.64 bits per heavy atom. The summed E-state index contributed by atoms with van der Waals surface area (Å²) >= 11 is 0. The van der Waals surface area contributed by atoms with Gasteiger partial charge in [-0.05, 0) is 11.0 Å². The van der Waals surface area contributed by atoms with Crippen LogP contribution in [0.1, 0.15) is 0 Å². The van der Waals surface area contributed by atoms with Crippen molar-refractivity contribution in [2.75, 3.05) is 0 Å². The first kappa shape index (κ1) is 11.2. The average molecular weight is 333 g/mol. The van der Waals surface area contributed by atoms with Gasteiger partial charge in [-0.3, -0.25) is 0 Å². The predicted molar refractivity (Wildman–Crippen MR) is 35.1 cm³/mol. The fourth-order valence-electron chi connectivity index (χ4n) is 0.836. The molecule has 4 heteroatoms. The monoisotopic (exact) mass is 331 g/mol. The average Bonchev–Trinajstić information content (AvgIpc) is 2.33. The van der Waals surface area contributed by atoms with Crippen LogP contribution in [0.5, 0.6) is 0 Å². The van der Waals surface area contributed by atoms with Gasteiger partial charge < -0.3 is 9.97 Å². The number of nitrogens with zero attached hydrogens (tertiary/aromatic N) is 2. The molecule has 65 valence electrons. The molecule has 0 aliphatic heterocycles. The summed E-state index contributed by atoms with van der Waals surface area (Å²) in [7, 11) is 0. The Morgan fingerprint density at radius 1 is 1.18 bits per heavy atom. The number of hydrogen-bond donors (Lipinski definition) is 0. The van der Waals surface area contributed by atoms with Gasteiger partial charge in [0.05, 0.1) is 0 Å². The van der Waals surface area contributed by atoms with E-state index in [-0.39, 0.29) is 44.8 Å². The number of para-hydroxylation sites is 2. The second-order valence-corrected chi connectivity index (χ2v) is 1.86. The van der Waals surface area contributed by atoms with Crippen LogP contribution in [0.15, 0.2) is 30.6 Å². The molecule has 11 heavy (non-hydrogen) atoms. The first-order chi connectivity index (χ1) is 4.47. The number of fused-ring (bicyclic) bond motifs is 1. The normalized spacial score (nSPS) is 8.36. The SMILES string of the molecule is [Ag+].[Ag].c1ccc2[n-]cnc2c1. The van der Waals surface area contributed by atoms with E-state index >= 15 is 0 Å². The summed E-state index contributed by atoms with van der Waals surface area (Å²) in [5.74, 6) is 0. The second-order valence-electron chi connectivity index (χ2n) is 1.86. The molecule has 0 N–H and O–H groups in total. The molecular weight excluding hydrogens is 328 g/mol. The van der Waals surface area contributed by atoms with Gasteiger partial charge in [0, 0.05) is 22.4 Å². The Balaban J connectivity index is 0.000000500. The zero-order chi connectivity index (χ0) is 6.10. The molecule has 0 amide bonds. The maximum absolute atomic E-state index is 4.01. The molecule has 2 aromatic rings. The number of hydrogen-bond acceptors (Lipinski definition) is 1. The van der Waals surface area contributed by atoms with Gasteiger partial charge in [-0.25, -0.2) is 0 Å². The molecule has 1 aromatic carbocycles. The van der Waals surface area contributed by atoms with Crippen LogP contribution in [0.2, 0.25) is 0 Å². The van der Waals surface area contributed by atoms with Crippen molar-refractivity contribution in [2.24, 2.45) is 0 Å². The molecule has 0 saturated heterocycles. The summed E-state index contributed by atoms with van der Waals surface area (Å²) in [6, 6.07) is 7.80. The number of imidazole rings is 1. The summed E-state index contributed by atoms with van der Waals surface area (Å²) < 4.78 is 0. The van der Waals surface area contributed by atoms with Crippen molar-refractivity contribution in [1.29, 1.82) is 0 Å². The van der Waals surface area contributed by atoms with E-state index in [0.717, 1.165) is 11.0 Å². The minimum absolute atomic E-state index is 0. The van der Waals surface area contributed by atoms with Crippen LogP contribution in [-0.2, 0) is 44.8 Å². The van der Waals surface area contributed by atoms with E-state index < -0.39 is 0 Å². The molecule has 0 spiro atoms. The van der Waals surface area contributed by atoms with Crippen molar-refractivity contribution in [3.63, 3.8) is 0 Å². The molecular formula is C7H5Ag2N2. The fourth-order valence-corrected chi connectivity index (χ4v) is 0.836. The third-order valence-electron chi connectivity index (χ3n) is 1.28. The Bertz CT molecular complexity index is 288. The molecule has 0 aliphatic carbocycles. The topological polar surface area (TPSA) is 27.0 Å². The van der Waals surface area contributed by atoms with Crippen LogP contribution in [0.3, 0.4) is 0 Å². The molecule has 1 radical (unpaired) electrons. The zero-order valence-electron chi connectivity index (χ0n) is 5.38. The van der Waals surface area contributed by atoms with E-state index in [4.69, 9.17) is 0 Å². The predicted octanol–water partition coefficient (Wildman–Crippen LogP) is 1.19. The van der Waals surface area contributed by atoms with E-state index in [0.29, 0.717) is 0 Å². The summed E-state index contributed by atoms with van der Waals surface area (Å²) in [6.07, 6.45) is 1.57. The van der Waals surface area contributed by atoms with Crippen molar-refractivity contribution < 1.29 is 44.8 Å². The van der Waals surface area contributed by atoms with Gasteiger partial charge in [0.25, 0.3) is 0 Å². The largest absolute Gasteiger partial charge is 1.00 e. The Morgan fingerprint density at radius 2 is 1.91 bits per heavy atom. The third-order valence-corrected chi connectivity index (χ3v) is 1.28. The smallest absolute Gasteiger partial charge is 0.443 e. The van der Waals surface area contributed by atoms with E-state index in [1.165, 1.54) is 0 Å². The Hall–Kier alpha value is 0.171. The van der Waals surface area contributed by atoms with Crippen LogP contribution >= 0.6 is 0 Å². The van der Waals surface area contributed by atoms with Crippen LogP contribution in [0.4, 0.5) is 0 Å². The van der Waals surface area contributed by atoms with Crippen LogP contribution in [0.25, 0.3) is 11.0 Å². The maximum atomic E-state index is 4.01. The molecule has 0 bridgehead atoms. The molecule has 0 atom stereocenters. The fraction of sp³-hybridized carbons (Fsp3) is 0. The van der Waals surface area contributed by atoms with Gasteiger partial charge in [0.2, 0.25) is 0 Å². The molecule has 0 fully saturated rings. The van der Waals surface area contributed by atoms with Crippen LogP contribution in [-0.4, -0.2) is 4.98 Å². The standard InChI is InChI=1S/C7H5N2.2Ag/c1-2-4-7-6(3-1)8-5-9-7;;/h1-5H;;/q-1;;+1. The van der Waals surface area contributed by atoms with Crippen LogP contribution < -0.4 is 4.98 Å². The van der Waals surface area contributed by atoms with Gasteiger partial charge in [-0.15, -0.1) is 0 Å². The quantitative estimate of drug-likeness (QED) is 0.678. The van der Waals surface area contributed by atoms with Crippen molar-refractivity contribution in [3.05, 3.63) is 30.6 Å². The Kier molecular flexibility index (Phi) is 5.01. The van der Waals surface area contributed by atoms with Gasteiger partial charge in [0.1, 0.15) is 0 Å². The van der Waals surface area contributed by atoms with Gasteiger partial charge in [-0.2, -0.15) is 0 Å².